The van der Waals surface area contributed by atoms with Crippen molar-refractivity contribution in [2.24, 2.45) is 0 Å². The fraction of sp³-hybridized carbons (Fsp3) is 0.0476. The Morgan fingerprint density at radius 2 is 1.77 bits per heavy atom. The highest BCUT2D eigenvalue weighted by molar-refractivity contribution is 7.98. The average molecular weight is 437 g/mol. The van der Waals surface area contributed by atoms with Gasteiger partial charge in [0, 0.05) is 27.7 Å². The van der Waals surface area contributed by atoms with Crippen LogP contribution in [0.5, 0.6) is 0 Å². The third-order valence-corrected chi connectivity index (χ3v) is 5.82. The lowest BCUT2D eigenvalue weighted by Crippen LogP contribution is -2.41. The van der Waals surface area contributed by atoms with Crippen molar-refractivity contribution >= 4 is 34.9 Å². The van der Waals surface area contributed by atoms with Gasteiger partial charge in [0.25, 0.3) is 11.8 Å². The van der Waals surface area contributed by atoms with E-state index in [1.54, 1.807) is 17.6 Å². The molecule has 0 aliphatic carbocycles. The third-order valence-electron chi connectivity index (χ3n) is 4.08. The monoisotopic (exact) mass is 436 g/mol. The molecule has 2 aromatic heterocycles. The minimum Gasteiger partial charge on any atom is -0.355 e. The molecule has 0 saturated heterocycles. The summed E-state index contributed by atoms with van der Waals surface area (Å²) in [5.74, 6) is 0.135. The predicted molar refractivity (Wildman–Crippen MR) is 115 cm³/mol. The molecule has 0 radical (unpaired) electrons. The molecule has 2 amide bonds. The number of hydrogen-bond acceptors (Lipinski definition) is 7. The van der Waals surface area contributed by atoms with Crippen molar-refractivity contribution in [2.45, 2.75) is 10.6 Å². The first-order valence-corrected chi connectivity index (χ1v) is 10.9. The van der Waals surface area contributed by atoms with Crippen molar-refractivity contribution < 1.29 is 14.1 Å². The van der Waals surface area contributed by atoms with Gasteiger partial charge in [0.05, 0.1) is 16.8 Å². The molecule has 0 fully saturated rings. The summed E-state index contributed by atoms with van der Waals surface area (Å²) in [6.07, 6.45) is 0. The van der Waals surface area contributed by atoms with Crippen molar-refractivity contribution in [3.63, 3.8) is 0 Å². The van der Waals surface area contributed by atoms with Crippen LogP contribution in [0.2, 0.25) is 0 Å². The van der Waals surface area contributed by atoms with Crippen molar-refractivity contribution in [3.05, 3.63) is 88.5 Å². The predicted octanol–water partition coefficient (Wildman–Crippen LogP) is 4.17. The molecular weight excluding hydrogens is 420 g/mol. The fourth-order valence-corrected chi connectivity index (χ4v) is 4.22. The summed E-state index contributed by atoms with van der Waals surface area (Å²) in [5.41, 5.74) is 8.87. The molecule has 30 heavy (non-hydrogen) atoms. The van der Waals surface area contributed by atoms with Gasteiger partial charge in [0.1, 0.15) is 0 Å². The number of hydrogen-bond donors (Lipinski definition) is 2. The van der Waals surface area contributed by atoms with Gasteiger partial charge in [0.2, 0.25) is 0 Å². The van der Waals surface area contributed by atoms with Gasteiger partial charge in [-0.2, -0.15) is 0 Å². The summed E-state index contributed by atoms with van der Waals surface area (Å²) >= 11 is 3.04. The lowest BCUT2D eigenvalue weighted by Gasteiger charge is -2.09. The van der Waals surface area contributed by atoms with Gasteiger partial charge >= 0.3 is 0 Å². The van der Waals surface area contributed by atoms with Crippen LogP contribution < -0.4 is 10.9 Å². The Kier molecular flexibility index (Phi) is 6.21. The normalized spacial score (nSPS) is 10.5. The summed E-state index contributed by atoms with van der Waals surface area (Å²) < 4.78 is 5.22. The number of rotatable bonds is 6. The molecule has 0 unspecified atom stereocenters. The first-order valence-electron chi connectivity index (χ1n) is 8.92. The highest BCUT2D eigenvalue weighted by atomic mass is 32.2. The molecule has 0 aliphatic heterocycles. The molecule has 9 heteroatoms. The number of aromatic nitrogens is 2. The van der Waals surface area contributed by atoms with Crippen LogP contribution in [0.4, 0.5) is 0 Å². The Morgan fingerprint density at radius 1 is 1.00 bits per heavy atom. The maximum atomic E-state index is 12.6. The zero-order valence-corrected chi connectivity index (χ0v) is 17.2. The van der Waals surface area contributed by atoms with Crippen LogP contribution in [0.25, 0.3) is 11.3 Å². The second kappa shape index (κ2) is 9.38. The smallest absolute Gasteiger partial charge is 0.291 e. The zero-order chi connectivity index (χ0) is 20.8. The fourth-order valence-electron chi connectivity index (χ4n) is 2.61. The van der Waals surface area contributed by atoms with Gasteiger partial charge < -0.3 is 4.52 Å². The first-order chi connectivity index (χ1) is 14.7. The second-order valence-electron chi connectivity index (χ2n) is 6.12. The van der Waals surface area contributed by atoms with E-state index in [-0.39, 0.29) is 5.69 Å². The van der Waals surface area contributed by atoms with E-state index in [1.807, 2.05) is 47.8 Å². The number of benzene rings is 2. The van der Waals surface area contributed by atoms with Crippen LogP contribution in [0, 0.1) is 0 Å². The number of amides is 2. The highest BCUT2D eigenvalue weighted by Crippen LogP contribution is 2.26. The van der Waals surface area contributed by atoms with Crippen LogP contribution in [0.3, 0.4) is 0 Å². The summed E-state index contributed by atoms with van der Waals surface area (Å²) in [7, 11) is 0. The van der Waals surface area contributed by atoms with E-state index in [4.69, 9.17) is 4.52 Å². The molecule has 2 aromatic carbocycles. The average Bonchev–Trinajstić information content (AvgIpc) is 3.49. The van der Waals surface area contributed by atoms with Crippen LogP contribution in [-0.2, 0) is 5.75 Å². The Labute approximate surface area is 180 Å². The number of carbonyl (C=O) groups is 2. The number of nitrogens with zero attached hydrogens (tertiary/aromatic N) is 2. The van der Waals surface area contributed by atoms with Crippen LogP contribution >= 0.6 is 23.1 Å². The molecule has 7 nitrogen and oxygen atoms in total. The maximum absolute atomic E-state index is 12.6. The topological polar surface area (TPSA) is 97.1 Å². The van der Waals surface area contributed by atoms with Crippen molar-refractivity contribution in [3.8, 4) is 11.3 Å². The molecular formula is C21H16N4O3S2. The standard InChI is InChI=1S/C21H16N4O3S2/c26-20(16-8-4-5-9-19(16)30-12-15-11-29-13-22-15)23-24-21(27)17-10-18(28-25-17)14-6-2-1-3-7-14/h1-11,13H,12H2,(H,23,26)(H,24,27). The maximum Gasteiger partial charge on any atom is 0.291 e. The van der Waals surface area contributed by atoms with E-state index in [9.17, 15) is 9.59 Å². The van der Waals surface area contributed by atoms with E-state index in [0.29, 0.717) is 17.1 Å². The lowest BCUT2D eigenvalue weighted by atomic mass is 10.1. The van der Waals surface area contributed by atoms with E-state index in [0.717, 1.165) is 16.2 Å². The molecule has 4 aromatic rings. The minimum atomic E-state index is -0.568. The molecule has 0 saturated carbocycles. The first kappa shape index (κ1) is 19.9. The second-order valence-corrected chi connectivity index (χ2v) is 7.85. The van der Waals surface area contributed by atoms with Gasteiger partial charge in [-0.3, -0.25) is 20.4 Å². The van der Waals surface area contributed by atoms with E-state index >= 15 is 0 Å². The largest absolute Gasteiger partial charge is 0.355 e. The van der Waals surface area contributed by atoms with Crippen molar-refractivity contribution in [1.82, 2.24) is 21.0 Å². The zero-order valence-electron chi connectivity index (χ0n) is 15.6. The molecule has 150 valence electrons. The van der Waals surface area contributed by atoms with Gasteiger partial charge in [-0.05, 0) is 12.1 Å². The third kappa shape index (κ3) is 4.76. The number of nitrogens with one attached hydrogen (secondary N) is 2. The summed E-state index contributed by atoms with van der Waals surface area (Å²) in [6, 6.07) is 18.0. The number of carbonyl (C=O) groups excluding carboxylic acids is 2. The van der Waals surface area contributed by atoms with Crippen LogP contribution in [-0.4, -0.2) is 22.0 Å². The molecule has 2 N–H and O–H groups in total. The summed E-state index contributed by atoms with van der Waals surface area (Å²) in [4.78, 5) is 30.0. The van der Waals surface area contributed by atoms with Crippen molar-refractivity contribution in [1.29, 1.82) is 0 Å². The van der Waals surface area contributed by atoms with Crippen LogP contribution in [0.1, 0.15) is 26.5 Å². The molecule has 0 aliphatic rings. The Balaban J connectivity index is 1.38. The molecule has 0 spiro atoms. The number of hydrazine groups is 1. The Morgan fingerprint density at radius 3 is 2.57 bits per heavy atom. The summed E-state index contributed by atoms with van der Waals surface area (Å²) in [6.45, 7) is 0. The van der Waals surface area contributed by atoms with Gasteiger partial charge in [-0.1, -0.05) is 47.6 Å². The van der Waals surface area contributed by atoms with E-state index in [1.165, 1.54) is 29.2 Å². The van der Waals surface area contributed by atoms with Gasteiger partial charge in [0.15, 0.2) is 11.5 Å². The van der Waals surface area contributed by atoms with E-state index < -0.39 is 11.8 Å². The number of thioether (sulfide) groups is 1. The molecule has 0 atom stereocenters. The van der Waals surface area contributed by atoms with E-state index in [2.05, 4.69) is 21.0 Å². The van der Waals surface area contributed by atoms with Crippen molar-refractivity contribution in [2.75, 3.05) is 0 Å². The molecule has 2 heterocycles. The SMILES string of the molecule is O=C(NNC(=O)c1ccccc1SCc1cscn1)c1cc(-c2ccccc2)on1. The Bertz CT molecular complexity index is 1140. The Hall–Kier alpha value is -3.43. The number of thiazole rings is 1. The van der Waals surface area contributed by atoms with Crippen LogP contribution in [0.15, 0.2) is 81.0 Å². The lowest BCUT2D eigenvalue weighted by molar-refractivity contribution is 0.0840. The molecule has 0 bridgehead atoms. The summed E-state index contributed by atoms with van der Waals surface area (Å²) in [5, 5.41) is 5.74. The van der Waals surface area contributed by atoms with Gasteiger partial charge in [-0.25, -0.2) is 4.98 Å². The quantitative estimate of drug-likeness (QED) is 0.348. The van der Waals surface area contributed by atoms with Gasteiger partial charge in [-0.15, -0.1) is 23.1 Å². The minimum absolute atomic E-state index is 0.0698. The molecule has 4 rings (SSSR count). The highest BCUT2D eigenvalue weighted by Gasteiger charge is 2.16.